The minimum Gasteiger partial charge on any atom is -0.481 e. The summed E-state index contributed by atoms with van der Waals surface area (Å²) in [4.78, 5) is 33.2. The van der Waals surface area contributed by atoms with Gasteiger partial charge in [-0.1, -0.05) is 0 Å². The van der Waals surface area contributed by atoms with Crippen molar-refractivity contribution in [2.75, 3.05) is 18.0 Å². The number of carboxylic acid groups (broad SMARTS) is 1. The van der Waals surface area contributed by atoms with E-state index in [1.165, 1.54) is 10.6 Å². The number of aromatic amines is 1. The number of hydrogen-bond acceptors (Lipinski definition) is 5. The molecular formula is C12H15N5O3. The van der Waals surface area contributed by atoms with Gasteiger partial charge in [-0.25, -0.2) is 4.98 Å². The molecule has 0 aliphatic carbocycles. The van der Waals surface area contributed by atoms with E-state index in [1.54, 1.807) is 6.92 Å². The lowest BCUT2D eigenvalue weighted by Gasteiger charge is -2.29. The molecule has 2 N–H and O–H groups in total. The molecule has 1 aliphatic heterocycles. The van der Waals surface area contributed by atoms with Crippen LogP contribution in [0.25, 0.3) is 5.78 Å². The molecule has 8 nitrogen and oxygen atoms in total. The average molecular weight is 277 g/mol. The van der Waals surface area contributed by atoms with Crippen LogP contribution in [0.1, 0.15) is 18.5 Å². The number of nitrogens with one attached hydrogen (secondary N) is 1. The predicted octanol–water partition coefficient (Wildman–Crippen LogP) is 0.0270. The molecule has 3 rings (SSSR count). The molecule has 106 valence electrons. The third-order valence-electron chi connectivity index (χ3n) is 3.52. The Kier molecular flexibility index (Phi) is 2.92. The molecular weight excluding hydrogens is 262 g/mol. The summed E-state index contributed by atoms with van der Waals surface area (Å²) < 4.78 is 1.27. The zero-order valence-corrected chi connectivity index (χ0v) is 11.0. The van der Waals surface area contributed by atoms with Gasteiger partial charge in [-0.3, -0.25) is 14.7 Å². The van der Waals surface area contributed by atoms with Crippen LogP contribution in [0.15, 0.2) is 10.9 Å². The average Bonchev–Trinajstić information content (AvgIpc) is 2.83. The van der Waals surface area contributed by atoms with Crippen LogP contribution in [0, 0.1) is 12.8 Å². The van der Waals surface area contributed by atoms with E-state index in [9.17, 15) is 9.59 Å². The van der Waals surface area contributed by atoms with E-state index in [-0.39, 0.29) is 5.56 Å². The fourth-order valence-corrected chi connectivity index (χ4v) is 2.49. The molecule has 0 unspecified atom stereocenters. The quantitative estimate of drug-likeness (QED) is 0.802. The topological polar surface area (TPSA) is 104 Å². The molecule has 8 heteroatoms. The first kappa shape index (κ1) is 12.6. The molecule has 0 bridgehead atoms. The van der Waals surface area contributed by atoms with E-state index in [0.29, 0.717) is 30.4 Å². The molecule has 1 aliphatic rings. The molecule has 1 fully saturated rings. The summed E-state index contributed by atoms with van der Waals surface area (Å²) in [7, 11) is 0. The van der Waals surface area contributed by atoms with E-state index in [1.807, 2.05) is 4.90 Å². The van der Waals surface area contributed by atoms with Crippen molar-refractivity contribution < 1.29 is 9.90 Å². The number of aromatic nitrogens is 4. The van der Waals surface area contributed by atoms with Crippen LogP contribution >= 0.6 is 0 Å². The molecule has 3 heterocycles. The Bertz CT molecular complexity index is 719. The highest BCUT2D eigenvalue weighted by molar-refractivity contribution is 5.71. The van der Waals surface area contributed by atoms with Crippen molar-refractivity contribution in [1.82, 2.24) is 19.6 Å². The Morgan fingerprint density at radius 2 is 2.30 bits per heavy atom. The molecule has 2 aromatic rings. The maximum atomic E-state index is 11.8. The number of rotatable bonds is 2. The minimum absolute atomic E-state index is 0.224. The van der Waals surface area contributed by atoms with Crippen molar-refractivity contribution in [2.24, 2.45) is 5.92 Å². The zero-order chi connectivity index (χ0) is 14.3. The second kappa shape index (κ2) is 4.62. The van der Waals surface area contributed by atoms with Gasteiger partial charge in [0, 0.05) is 24.8 Å². The number of H-pyrrole nitrogens is 1. The van der Waals surface area contributed by atoms with E-state index in [4.69, 9.17) is 5.11 Å². The van der Waals surface area contributed by atoms with Gasteiger partial charge in [-0.15, -0.1) is 0 Å². The van der Waals surface area contributed by atoms with Crippen LogP contribution in [0.3, 0.4) is 0 Å². The van der Waals surface area contributed by atoms with Gasteiger partial charge >= 0.3 is 5.97 Å². The number of aliphatic carboxylic acids is 1. The second-order valence-electron chi connectivity index (χ2n) is 5.04. The fourth-order valence-electron chi connectivity index (χ4n) is 2.49. The van der Waals surface area contributed by atoms with Crippen LogP contribution in [0.5, 0.6) is 0 Å². The largest absolute Gasteiger partial charge is 0.481 e. The highest BCUT2D eigenvalue weighted by Gasteiger charge is 2.27. The summed E-state index contributed by atoms with van der Waals surface area (Å²) in [5, 5.41) is 12.0. The smallest absolute Gasteiger partial charge is 0.308 e. The van der Waals surface area contributed by atoms with Crippen molar-refractivity contribution in [2.45, 2.75) is 19.8 Å². The summed E-state index contributed by atoms with van der Waals surface area (Å²) in [6.45, 7) is 2.84. The predicted molar refractivity (Wildman–Crippen MR) is 70.9 cm³/mol. The second-order valence-corrected chi connectivity index (χ2v) is 5.04. The molecule has 20 heavy (non-hydrogen) atoms. The van der Waals surface area contributed by atoms with Crippen molar-refractivity contribution in [3.63, 3.8) is 0 Å². The molecule has 1 saturated heterocycles. The van der Waals surface area contributed by atoms with Crippen molar-refractivity contribution in [3.05, 3.63) is 22.1 Å². The van der Waals surface area contributed by atoms with Gasteiger partial charge in [0.25, 0.3) is 11.3 Å². The number of nitrogens with zero attached hydrogens (tertiary/aromatic N) is 4. The third kappa shape index (κ3) is 2.13. The van der Waals surface area contributed by atoms with Gasteiger partial charge in [0.1, 0.15) is 0 Å². The summed E-state index contributed by atoms with van der Waals surface area (Å²) in [6.07, 6.45) is 1.46. The van der Waals surface area contributed by atoms with Crippen LogP contribution in [-0.4, -0.2) is 43.7 Å². The highest BCUT2D eigenvalue weighted by atomic mass is 16.4. The van der Waals surface area contributed by atoms with Gasteiger partial charge in [-0.05, 0) is 19.8 Å². The van der Waals surface area contributed by atoms with Crippen molar-refractivity contribution in [1.29, 1.82) is 0 Å². The Morgan fingerprint density at radius 1 is 1.50 bits per heavy atom. The van der Waals surface area contributed by atoms with E-state index < -0.39 is 11.9 Å². The van der Waals surface area contributed by atoms with E-state index in [2.05, 4.69) is 15.1 Å². The van der Waals surface area contributed by atoms with Crippen molar-refractivity contribution >= 4 is 17.7 Å². The maximum absolute atomic E-state index is 11.8. The van der Waals surface area contributed by atoms with E-state index >= 15 is 0 Å². The standard InChI is InChI=1S/C12H15N5O3/c1-7-5-9(18)17-11(13-7)14-12(15-17)16-4-2-3-8(6-16)10(19)20/h5,8H,2-4,6H2,1H3,(H,19,20)(H,13,14,15)/t8-/m0/s1. The Hall–Kier alpha value is -2.38. The fraction of sp³-hybridized carbons (Fsp3) is 0.500. The number of aryl methyl sites for hydroxylation is 1. The molecule has 0 spiro atoms. The van der Waals surface area contributed by atoms with Gasteiger partial charge in [0.15, 0.2) is 0 Å². The normalized spacial score (nSPS) is 19.4. The summed E-state index contributed by atoms with van der Waals surface area (Å²) in [6, 6.07) is 1.42. The summed E-state index contributed by atoms with van der Waals surface area (Å²) in [5.41, 5.74) is 0.383. The van der Waals surface area contributed by atoms with Crippen LogP contribution in [0.4, 0.5) is 5.95 Å². The number of carbonyl (C=O) groups is 1. The molecule has 0 amide bonds. The zero-order valence-electron chi connectivity index (χ0n) is 11.0. The van der Waals surface area contributed by atoms with Crippen LogP contribution < -0.4 is 10.5 Å². The SMILES string of the molecule is Cc1cc(=O)n2[nH]c(N3CCC[C@H](C(=O)O)C3)nc2n1. The summed E-state index contributed by atoms with van der Waals surface area (Å²) in [5.74, 6) is -0.395. The first-order chi connectivity index (χ1) is 9.54. The van der Waals surface area contributed by atoms with E-state index in [0.717, 1.165) is 13.0 Å². The lowest BCUT2D eigenvalue weighted by Crippen LogP contribution is -2.39. The molecule has 0 saturated carbocycles. The first-order valence-corrected chi connectivity index (χ1v) is 6.49. The van der Waals surface area contributed by atoms with Crippen LogP contribution in [0.2, 0.25) is 0 Å². The van der Waals surface area contributed by atoms with Crippen molar-refractivity contribution in [3.8, 4) is 0 Å². The number of hydrogen-bond donors (Lipinski definition) is 2. The van der Waals surface area contributed by atoms with Gasteiger partial charge in [0.2, 0.25) is 5.95 Å². The lowest BCUT2D eigenvalue weighted by atomic mass is 9.99. The molecule has 0 radical (unpaired) electrons. The first-order valence-electron chi connectivity index (χ1n) is 6.49. The molecule has 1 atom stereocenters. The number of carboxylic acids is 1. The number of piperidine rings is 1. The van der Waals surface area contributed by atoms with Crippen LogP contribution in [-0.2, 0) is 4.79 Å². The van der Waals surface area contributed by atoms with Gasteiger partial charge < -0.3 is 10.0 Å². The maximum Gasteiger partial charge on any atom is 0.308 e. The highest BCUT2D eigenvalue weighted by Crippen LogP contribution is 2.20. The lowest BCUT2D eigenvalue weighted by molar-refractivity contribution is -0.141. The Morgan fingerprint density at radius 3 is 3.05 bits per heavy atom. The Labute approximate surface area is 114 Å². The molecule has 0 aromatic carbocycles. The third-order valence-corrected chi connectivity index (χ3v) is 3.52. The van der Waals surface area contributed by atoms with Gasteiger partial charge in [-0.2, -0.15) is 9.50 Å². The monoisotopic (exact) mass is 277 g/mol. The number of anilines is 1. The molecule has 2 aromatic heterocycles. The number of fused-ring (bicyclic) bond motifs is 1. The van der Waals surface area contributed by atoms with Gasteiger partial charge in [0.05, 0.1) is 5.92 Å². The Balaban J connectivity index is 1.96. The summed E-state index contributed by atoms with van der Waals surface area (Å²) >= 11 is 0. The minimum atomic E-state index is -0.794.